The van der Waals surface area contributed by atoms with Crippen LogP contribution in [-0.4, -0.2) is 54.3 Å². The number of carbonyl (C=O) groups excluding carboxylic acids is 2. The number of ether oxygens (including phenoxy) is 1. The lowest BCUT2D eigenvalue weighted by molar-refractivity contribution is -0.147. The highest BCUT2D eigenvalue weighted by molar-refractivity contribution is 7.47. The van der Waals surface area contributed by atoms with Crippen molar-refractivity contribution in [3.8, 4) is 0 Å². The minimum absolute atomic E-state index is 0.0809. The summed E-state index contributed by atoms with van der Waals surface area (Å²) in [5.41, 5.74) is 0. The Hall–Kier alpha value is -1.77. The van der Waals surface area contributed by atoms with Crippen molar-refractivity contribution in [3.63, 3.8) is 0 Å². The second-order valence-electron chi connectivity index (χ2n) is 16.8. The summed E-state index contributed by atoms with van der Waals surface area (Å²) < 4.78 is 27.0. The number of phosphoric ester groups is 1. The van der Waals surface area contributed by atoms with Gasteiger partial charge in [0, 0.05) is 19.4 Å². The molecule has 0 fully saturated rings. The quantitative estimate of drug-likeness (QED) is 0.0238. The Morgan fingerprint density at radius 3 is 1.38 bits per heavy atom. The van der Waals surface area contributed by atoms with Gasteiger partial charge in [0.05, 0.1) is 13.2 Å². The Morgan fingerprint density at radius 1 is 0.517 bits per heavy atom. The normalized spacial score (nSPS) is 13.5. The molecule has 0 aromatic rings. The van der Waals surface area contributed by atoms with Crippen LogP contribution in [0.15, 0.2) is 36.5 Å². The standard InChI is InChI=1S/C50H94NO8P/c1-3-5-7-9-11-13-15-17-19-21-23-24-25-26-28-30-32-34-36-38-40-42-49(53)51-44-45-58-60(55,56)59-47-48(52)46-57-50(54)43-41-39-37-35-33-31-29-27-22-20-18-16-14-12-10-8-6-4-2/h11,13,17,19-20,22,48,52H,3-10,12,14-16,18,21,23-47H2,1-2H3,(H,51,53)(H,55,56)/b13-11-,19-17-,22-20-. The van der Waals surface area contributed by atoms with E-state index in [9.17, 15) is 24.2 Å². The number of rotatable bonds is 47. The van der Waals surface area contributed by atoms with Gasteiger partial charge in [0.1, 0.15) is 12.7 Å². The predicted octanol–water partition coefficient (Wildman–Crippen LogP) is 14.5. The average Bonchev–Trinajstić information content (AvgIpc) is 3.23. The van der Waals surface area contributed by atoms with Gasteiger partial charge in [-0.1, -0.05) is 192 Å². The van der Waals surface area contributed by atoms with E-state index in [4.69, 9.17) is 13.8 Å². The summed E-state index contributed by atoms with van der Waals surface area (Å²) in [6.07, 6.45) is 53.6. The van der Waals surface area contributed by atoms with Crippen molar-refractivity contribution >= 4 is 19.7 Å². The van der Waals surface area contributed by atoms with Gasteiger partial charge in [-0.2, -0.15) is 0 Å². The fourth-order valence-corrected chi connectivity index (χ4v) is 7.75. The molecule has 0 radical (unpaired) electrons. The third-order valence-electron chi connectivity index (χ3n) is 10.8. The fourth-order valence-electron chi connectivity index (χ4n) is 6.99. The molecule has 9 nitrogen and oxygen atoms in total. The largest absolute Gasteiger partial charge is 0.472 e. The van der Waals surface area contributed by atoms with E-state index < -0.39 is 26.5 Å². The number of esters is 1. The summed E-state index contributed by atoms with van der Waals surface area (Å²) in [6, 6.07) is 0. The molecule has 0 aromatic heterocycles. The molecule has 352 valence electrons. The molecule has 0 aromatic carbocycles. The average molecular weight is 868 g/mol. The summed E-state index contributed by atoms with van der Waals surface area (Å²) in [5.74, 6) is -0.517. The number of aliphatic hydroxyl groups excluding tert-OH is 1. The van der Waals surface area contributed by atoms with E-state index in [-0.39, 0.29) is 32.1 Å². The van der Waals surface area contributed by atoms with E-state index in [0.717, 1.165) is 44.9 Å². The molecule has 0 rings (SSSR count). The lowest BCUT2D eigenvalue weighted by Gasteiger charge is -2.15. The minimum atomic E-state index is -4.42. The number of amides is 1. The van der Waals surface area contributed by atoms with E-state index in [1.807, 2.05) is 0 Å². The summed E-state index contributed by atoms with van der Waals surface area (Å²) in [7, 11) is -4.42. The molecule has 0 aliphatic carbocycles. The number of carbonyl (C=O) groups is 2. The summed E-state index contributed by atoms with van der Waals surface area (Å²) in [4.78, 5) is 34.0. The van der Waals surface area contributed by atoms with Gasteiger partial charge in [0.15, 0.2) is 0 Å². The molecule has 0 spiro atoms. The Bertz CT molecular complexity index is 1080. The van der Waals surface area contributed by atoms with E-state index in [1.54, 1.807) is 0 Å². The van der Waals surface area contributed by atoms with Gasteiger partial charge in [0.2, 0.25) is 5.91 Å². The van der Waals surface area contributed by atoms with Crippen LogP contribution in [0, 0.1) is 0 Å². The van der Waals surface area contributed by atoms with E-state index in [2.05, 4.69) is 55.6 Å². The van der Waals surface area contributed by atoms with Crippen molar-refractivity contribution < 1.29 is 37.9 Å². The van der Waals surface area contributed by atoms with Gasteiger partial charge in [-0.3, -0.25) is 18.6 Å². The lowest BCUT2D eigenvalue weighted by atomic mass is 10.0. The summed E-state index contributed by atoms with van der Waals surface area (Å²) in [6.45, 7) is 3.55. The van der Waals surface area contributed by atoms with Crippen LogP contribution in [0.2, 0.25) is 0 Å². The van der Waals surface area contributed by atoms with Crippen molar-refractivity contribution in [1.29, 1.82) is 0 Å². The SMILES string of the molecule is CCCCC/C=C\C/C=C\CCCCCCCCCCCCCC(=O)NCCOP(=O)(O)OCC(O)COC(=O)CCCCCCCCC/C=C\CCCCCCCCC. The third-order valence-corrected chi connectivity index (χ3v) is 11.8. The highest BCUT2D eigenvalue weighted by Crippen LogP contribution is 2.42. The number of nitrogens with one attached hydrogen (secondary N) is 1. The second kappa shape index (κ2) is 46.7. The maximum atomic E-state index is 12.1. The number of aliphatic hydroxyl groups is 1. The number of phosphoric acid groups is 1. The van der Waals surface area contributed by atoms with Crippen molar-refractivity contribution in [2.75, 3.05) is 26.4 Å². The van der Waals surface area contributed by atoms with Gasteiger partial charge < -0.3 is 20.1 Å². The van der Waals surface area contributed by atoms with Gasteiger partial charge in [-0.15, -0.1) is 0 Å². The Labute approximate surface area is 369 Å². The van der Waals surface area contributed by atoms with Gasteiger partial charge in [-0.05, 0) is 70.6 Å². The first-order valence-corrected chi connectivity index (χ1v) is 26.5. The van der Waals surface area contributed by atoms with Gasteiger partial charge in [0.25, 0.3) is 0 Å². The van der Waals surface area contributed by atoms with E-state index in [0.29, 0.717) is 6.42 Å². The molecule has 3 N–H and O–H groups in total. The van der Waals surface area contributed by atoms with Crippen molar-refractivity contribution in [3.05, 3.63) is 36.5 Å². The molecule has 2 atom stereocenters. The first-order valence-electron chi connectivity index (χ1n) is 25.0. The predicted molar refractivity (Wildman–Crippen MR) is 252 cm³/mol. The number of allylic oxidation sites excluding steroid dienone is 6. The molecule has 10 heteroatoms. The van der Waals surface area contributed by atoms with Crippen molar-refractivity contribution in [1.82, 2.24) is 5.32 Å². The molecular formula is C50H94NO8P. The monoisotopic (exact) mass is 868 g/mol. The first-order chi connectivity index (χ1) is 29.3. The fraction of sp³-hybridized carbons (Fsp3) is 0.840. The molecule has 0 aliphatic rings. The first kappa shape index (κ1) is 58.2. The zero-order chi connectivity index (χ0) is 43.9. The van der Waals surface area contributed by atoms with Crippen LogP contribution in [0.25, 0.3) is 0 Å². The van der Waals surface area contributed by atoms with Crippen LogP contribution in [0.4, 0.5) is 0 Å². The molecule has 0 saturated carbocycles. The molecule has 0 heterocycles. The van der Waals surface area contributed by atoms with Crippen LogP contribution >= 0.6 is 7.82 Å². The maximum absolute atomic E-state index is 12.1. The zero-order valence-corrected chi connectivity index (χ0v) is 39.8. The minimum Gasteiger partial charge on any atom is -0.463 e. The molecule has 0 bridgehead atoms. The van der Waals surface area contributed by atoms with Gasteiger partial charge >= 0.3 is 13.8 Å². The summed E-state index contributed by atoms with van der Waals surface area (Å²) in [5, 5.41) is 12.7. The van der Waals surface area contributed by atoms with Crippen molar-refractivity contribution in [2.24, 2.45) is 0 Å². The van der Waals surface area contributed by atoms with Crippen LogP contribution in [-0.2, 0) is 27.9 Å². The number of unbranched alkanes of at least 4 members (excludes halogenated alkanes) is 28. The van der Waals surface area contributed by atoms with Crippen LogP contribution in [0.3, 0.4) is 0 Å². The molecular weight excluding hydrogens is 774 g/mol. The topological polar surface area (TPSA) is 131 Å². The molecule has 0 saturated heterocycles. The van der Waals surface area contributed by atoms with E-state index in [1.165, 1.54) is 167 Å². The number of hydrogen-bond donors (Lipinski definition) is 3. The third kappa shape index (κ3) is 47.3. The summed E-state index contributed by atoms with van der Waals surface area (Å²) >= 11 is 0. The Morgan fingerprint density at radius 2 is 0.900 bits per heavy atom. The van der Waals surface area contributed by atoms with Crippen LogP contribution < -0.4 is 5.32 Å². The van der Waals surface area contributed by atoms with Gasteiger partial charge in [-0.25, -0.2) is 4.57 Å². The Balaban J connectivity index is 3.56. The van der Waals surface area contributed by atoms with Crippen molar-refractivity contribution in [2.45, 2.75) is 245 Å². The van der Waals surface area contributed by atoms with Crippen LogP contribution in [0.5, 0.6) is 0 Å². The maximum Gasteiger partial charge on any atom is 0.472 e. The second-order valence-corrected chi connectivity index (χ2v) is 18.2. The lowest BCUT2D eigenvalue weighted by Crippen LogP contribution is -2.27. The van der Waals surface area contributed by atoms with E-state index >= 15 is 0 Å². The molecule has 0 aliphatic heterocycles. The zero-order valence-electron chi connectivity index (χ0n) is 38.9. The molecule has 60 heavy (non-hydrogen) atoms. The molecule has 2 unspecified atom stereocenters. The highest BCUT2D eigenvalue weighted by atomic mass is 31.2. The van der Waals surface area contributed by atoms with Crippen LogP contribution in [0.1, 0.15) is 239 Å². The Kier molecular flexibility index (Phi) is 45.3. The molecule has 1 amide bonds. The smallest absolute Gasteiger partial charge is 0.463 e. The highest BCUT2D eigenvalue weighted by Gasteiger charge is 2.23. The number of hydrogen-bond acceptors (Lipinski definition) is 7.